The van der Waals surface area contributed by atoms with E-state index < -0.39 is 0 Å². The molecule has 2 aromatic heterocycles. The van der Waals surface area contributed by atoms with Gasteiger partial charge < -0.3 is 9.80 Å². The normalized spacial score (nSPS) is 16.5. The van der Waals surface area contributed by atoms with E-state index in [1.165, 1.54) is 12.1 Å². The number of aromatic nitrogens is 3. The minimum Gasteiger partial charge on any atom is -0.344 e. The molecule has 1 saturated heterocycles. The van der Waals surface area contributed by atoms with Crippen LogP contribution in [0.3, 0.4) is 0 Å². The van der Waals surface area contributed by atoms with Crippen molar-refractivity contribution < 1.29 is 4.39 Å². The van der Waals surface area contributed by atoms with Gasteiger partial charge in [0.1, 0.15) is 5.82 Å². The topological polar surface area (TPSA) is 36.7 Å². The lowest BCUT2D eigenvalue weighted by molar-refractivity contribution is 0.312. The van der Waals surface area contributed by atoms with Gasteiger partial charge in [0.25, 0.3) is 0 Å². The maximum Gasteiger partial charge on any atom is 0.214 e. The molecule has 0 spiro atoms. The SMILES string of the molecule is CN1CCN(c2nn3cc(-c4ccc(F)cc4)nc3s2)CC1. The van der Waals surface area contributed by atoms with Gasteiger partial charge in [-0.05, 0) is 31.3 Å². The third kappa shape index (κ3) is 2.46. The van der Waals surface area contributed by atoms with Crippen molar-refractivity contribution in [1.29, 1.82) is 0 Å². The largest absolute Gasteiger partial charge is 0.344 e. The Kier molecular flexibility index (Phi) is 3.31. The van der Waals surface area contributed by atoms with E-state index in [2.05, 4.69) is 26.9 Å². The molecule has 22 heavy (non-hydrogen) atoms. The molecule has 1 aliphatic rings. The maximum atomic E-state index is 13.0. The van der Waals surface area contributed by atoms with Gasteiger partial charge >= 0.3 is 0 Å². The van der Waals surface area contributed by atoms with Crippen LogP contribution in [0.1, 0.15) is 0 Å². The van der Waals surface area contributed by atoms with E-state index in [0.717, 1.165) is 47.5 Å². The fourth-order valence-corrected chi connectivity index (χ4v) is 3.51. The van der Waals surface area contributed by atoms with Crippen LogP contribution >= 0.6 is 11.3 Å². The van der Waals surface area contributed by atoms with Gasteiger partial charge in [-0.2, -0.15) is 0 Å². The van der Waals surface area contributed by atoms with Gasteiger partial charge in [0.15, 0.2) is 0 Å². The molecule has 4 rings (SSSR count). The highest BCUT2D eigenvalue weighted by atomic mass is 32.1. The van der Waals surface area contributed by atoms with Crippen molar-refractivity contribution in [2.45, 2.75) is 0 Å². The summed E-state index contributed by atoms with van der Waals surface area (Å²) in [6.45, 7) is 4.11. The summed E-state index contributed by atoms with van der Waals surface area (Å²) >= 11 is 1.60. The van der Waals surface area contributed by atoms with Gasteiger partial charge in [0.2, 0.25) is 10.1 Å². The second-order valence-corrected chi connectivity index (χ2v) is 6.47. The maximum absolute atomic E-state index is 13.0. The van der Waals surface area contributed by atoms with Gasteiger partial charge in [0, 0.05) is 31.7 Å². The summed E-state index contributed by atoms with van der Waals surface area (Å²) in [7, 11) is 2.14. The van der Waals surface area contributed by atoms with E-state index in [1.54, 1.807) is 23.5 Å². The standard InChI is InChI=1S/C15H16FN5S/c1-19-6-8-20(9-7-19)15-18-21-10-13(17-14(21)22-15)11-2-4-12(16)5-3-11/h2-5,10H,6-9H2,1H3. The van der Waals surface area contributed by atoms with Crippen LogP contribution in [0.4, 0.5) is 9.52 Å². The third-order valence-electron chi connectivity index (χ3n) is 3.95. The van der Waals surface area contributed by atoms with E-state index in [9.17, 15) is 4.39 Å². The quantitative estimate of drug-likeness (QED) is 0.727. The Bertz CT molecular complexity index is 754. The number of imidazole rings is 1. The van der Waals surface area contributed by atoms with Crippen LogP contribution in [-0.2, 0) is 0 Å². The van der Waals surface area contributed by atoms with E-state index in [0.29, 0.717) is 0 Å². The van der Waals surface area contributed by atoms with E-state index in [1.807, 2.05) is 10.7 Å². The highest BCUT2D eigenvalue weighted by Crippen LogP contribution is 2.27. The number of rotatable bonds is 2. The van der Waals surface area contributed by atoms with Crippen LogP contribution in [0.5, 0.6) is 0 Å². The monoisotopic (exact) mass is 317 g/mol. The lowest BCUT2D eigenvalue weighted by Gasteiger charge is -2.31. The van der Waals surface area contributed by atoms with Crippen molar-refractivity contribution in [3.63, 3.8) is 0 Å². The smallest absolute Gasteiger partial charge is 0.214 e. The third-order valence-corrected chi connectivity index (χ3v) is 4.93. The minimum absolute atomic E-state index is 0.236. The molecule has 5 nitrogen and oxygen atoms in total. The predicted octanol–water partition coefficient (Wildman–Crippen LogP) is 2.35. The fourth-order valence-electron chi connectivity index (χ4n) is 2.57. The second-order valence-electron chi connectivity index (χ2n) is 5.54. The molecule has 0 amide bonds. The zero-order valence-corrected chi connectivity index (χ0v) is 13.1. The van der Waals surface area contributed by atoms with Crippen molar-refractivity contribution in [1.82, 2.24) is 19.5 Å². The Morgan fingerprint density at radius 2 is 1.82 bits per heavy atom. The summed E-state index contributed by atoms with van der Waals surface area (Å²) < 4.78 is 14.8. The summed E-state index contributed by atoms with van der Waals surface area (Å²) in [6.07, 6.45) is 1.90. The molecular weight excluding hydrogens is 301 g/mol. The number of nitrogens with zero attached hydrogens (tertiary/aromatic N) is 5. The number of likely N-dealkylation sites (N-methyl/N-ethyl adjacent to an activating group) is 1. The van der Waals surface area contributed by atoms with E-state index in [-0.39, 0.29) is 5.82 Å². The Hall–Kier alpha value is -1.99. The molecule has 1 aromatic carbocycles. The average Bonchev–Trinajstić information content (AvgIpc) is 3.07. The van der Waals surface area contributed by atoms with Crippen LogP contribution in [0.2, 0.25) is 0 Å². The van der Waals surface area contributed by atoms with Crippen molar-refractivity contribution >= 4 is 21.4 Å². The first-order valence-electron chi connectivity index (χ1n) is 7.25. The zero-order valence-electron chi connectivity index (χ0n) is 12.2. The molecule has 114 valence electrons. The van der Waals surface area contributed by atoms with Crippen LogP contribution < -0.4 is 4.90 Å². The Balaban J connectivity index is 1.61. The summed E-state index contributed by atoms with van der Waals surface area (Å²) in [6, 6.07) is 6.38. The molecule has 7 heteroatoms. The molecule has 3 heterocycles. The summed E-state index contributed by atoms with van der Waals surface area (Å²) in [5, 5.41) is 5.65. The number of piperazine rings is 1. The zero-order chi connectivity index (χ0) is 15.1. The fraction of sp³-hybridized carbons (Fsp3) is 0.333. The van der Waals surface area contributed by atoms with Gasteiger partial charge in [0.05, 0.1) is 11.9 Å². The highest BCUT2D eigenvalue weighted by Gasteiger charge is 2.19. The molecule has 1 aliphatic heterocycles. The average molecular weight is 317 g/mol. The highest BCUT2D eigenvalue weighted by molar-refractivity contribution is 7.20. The number of fused-ring (bicyclic) bond motifs is 1. The molecule has 0 N–H and O–H groups in total. The van der Waals surface area contributed by atoms with Crippen LogP contribution in [-0.4, -0.2) is 52.7 Å². The molecule has 3 aromatic rings. The van der Waals surface area contributed by atoms with Crippen molar-refractivity contribution in [2.24, 2.45) is 0 Å². The number of halogens is 1. The van der Waals surface area contributed by atoms with Crippen LogP contribution in [0.15, 0.2) is 30.5 Å². The van der Waals surface area contributed by atoms with Gasteiger partial charge in [-0.3, -0.25) is 0 Å². The van der Waals surface area contributed by atoms with Crippen LogP contribution in [0, 0.1) is 5.82 Å². The first kappa shape index (κ1) is 13.7. The lowest BCUT2D eigenvalue weighted by atomic mass is 10.2. The lowest BCUT2D eigenvalue weighted by Crippen LogP contribution is -2.44. The van der Waals surface area contributed by atoms with Crippen molar-refractivity contribution in [2.75, 3.05) is 38.1 Å². The Morgan fingerprint density at radius 3 is 2.50 bits per heavy atom. The van der Waals surface area contributed by atoms with Gasteiger partial charge in [-0.15, -0.1) is 5.10 Å². The molecule has 0 saturated carbocycles. The summed E-state index contributed by atoms with van der Waals surface area (Å²) in [5.74, 6) is -0.236. The molecule has 1 fully saturated rings. The van der Waals surface area contributed by atoms with Crippen molar-refractivity contribution in [3.05, 3.63) is 36.3 Å². The summed E-state index contributed by atoms with van der Waals surface area (Å²) in [4.78, 5) is 10.1. The second kappa shape index (κ2) is 5.33. The summed E-state index contributed by atoms with van der Waals surface area (Å²) in [5.41, 5.74) is 1.73. The molecular formula is C15H16FN5S. The molecule has 0 atom stereocenters. The molecule has 0 radical (unpaired) electrons. The first-order chi connectivity index (χ1) is 10.7. The van der Waals surface area contributed by atoms with Gasteiger partial charge in [-0.1, -0.05) is 11.3 Å². The Labute approximate surface area is 131 Å². The molecule has 0 aliphatic carbocycles. The number of benzene rings is 1. The van der Waals surface area contributed by atoms with E-state index >= 15 is 0 Å². The predicted molar refractivity (Wildman–Crippen MR) is 86.0 cm³/mol. The Morgan fingerprint density at radius 1 is 1.09 bits per heavy atom. The minimum atomic E-state index is -0.236. The molecule has 0 unspecified atom stereocenters. The van der Waals surface area contributed by atoms with Gasteiger partial charge in [-0.25, -0.2) is 13.9 Å². The van der Waals surface area contributed by atoms with Crippen molar-refractivity contribution in [3.8, 4) is 11.3 Å². The number of hydrogen-bond acceptors (Lipinski definition) is 5. The van der Waals surface area contributed by atoms with Crippen LogP contribution in [0.25, 0.3) is 16.2 Å². The number of anilines is 1. The van der Waals surface area contributed by atoms with E-state index in [4.69, 9.17) is 0 Å². The molecule has 0 bridgehead atoms. The number of hydrogen-bond donors (Lipinski definition) is 0. The first-order valence-corrected chi connectivity index (χ1v) is 8.06.